The SMILES string of the molecule is CO[C@@H]1C[C@H](C[C@@H](C)[C@@H]2CC(=O)[C@H](C)/C=C(\C)[C@@H](O)[C@@H](OC)C(=O)[C@H](C)C[C@H](C)\C=C/C=C/C=C(\C)[C@H](OCCOCCOCC(F)(F)F)C[C@@H]3CC[C@@H](C)[C@@](O)(O3)C(=O)C(=O)N3CCCC[C@H]3C(=O)O2)CC[C@H]1OCCO. The minimum absolute atomic E-state index is 0.0165. The molecule has 4 rings (SSSR count). The average molecular weight is 1110 g/mol. The number of piperidine rings is 1. The molecule has 4 aliphatic rings. The Morgan fingerprint density at radius 1 is 0.821 bits per heavy atom. The molecule has 2 bridgehead atoms. The van der Waals surface area contributed by atoms with E-state index >= 15 is 0 Å². The first-order valence-electron chi connectivity index (χ1n) is 28.0. The summed E-state index contributed by atoms with van der Waals surface area (Å²) in [4.78, 5) is 72.8. The Kier molecular flexibility index (Phi) is 28.0. The molecular weight excluding hydrogens is 1020 g/mol. The summed E-state index contributed by atoms with van der Waals surface area (Å²) >= 11 is 0. The highest BCUT2D eigenvalue weighted by Crippen LogP contribution is 2.38. The minimum atomic E-state index is -4.46. The first-order valence-corrected chi connectivity index (χ1v) is 28.0. The third kappa shape index (κ3) is 20.4. The standard InChI is InChI=1S/C58H90F3NO16/c1-36-15-11-10-12-16-37(2)48(76-28-27-73-25-26-74-35-57(59,60)61)33-44-20-18-42(7)58(70,78-44)54(67)55(68)62-22-14-13-17-45(62)56(69)77-49(39(4)31-43-19-21-47(75-24-23-63)50(32-43)71-8)34-46(64)38(3)30-41(6)52(66)53(72-9)51(65)40(5)29-36/h10-12,15-16,30,36,38-40,42-45,47-50,52-53,63,66,70H,13-14,17-29,31-35H2,1-9H3/b12-10+,15-11-,37-16+,41-30+/t36-,38-,39-,40-,42-,43+,44+,45+,47-,48-,49+,50-,52-,53+,58-/m1/s1. The summed E-state index contributed by atoms with van der Waals surface area (Å²) in [6, 6.07) is -1.22. The van der Waals surface area contributed by atoms with E-state index in [1.165, 1.54) is 7.11 Å². The van der Waals surface area contributed by atoms with Crippen LogP contribution >= 0.6 is 0 Å². The second-order valence-electron chi connectivity index (χ2n) is 22.1. The number of hydrogen-bond donors (Lipinski definition) is 3. The van der Waals surface area contributed by atoms with Gasteiger partial charge in [-0.15, -0.1) is 0 Å². The van der Waals surface area contributed by atoms with E-state index in [2.05, 4.69) is 4.74 Å². The summed E-state index contributed by atoms with van der Waals surface area (Å²) in [5.74, 6) is -8.80. The Hall–Kier alpha value is -3.70. The molecule has 3 heterocycles. The molecule has 3 aliphatic heterocycles. The van der Waals surface area contributed by atoms with Crippen LogP contribution in [0, 0.1) is 35.5 Å². The van der Waals surface area contributed by atoms with Crippen molar-refractivity contribution in [1.82, 2.24) is 4.90 Å². The molecule has 0 aromatic heterocycles. The van der Waals surface area contributed by atoms with Crippen molar-refractivity contribution < 1.29 is 90.4 Å². The number of fused-ring (bicyclic) bond motifs is 3. The topological polar surface area (TPSA) is 223 Å². The number of alkyl halides is 3. The van der Waals surface area contributed by atoms with E-state index in [1.807, 2.05) is 39.0 Å². The molecule has 3 fully saturated rings. The maximum absolute atomic E-state index is 14.6. The number of nitrogens with zero attached hydrogens (tertiary/aromatic N) is 1. The number of ether oxygens (including phenoxy) is 8. The number of amides is 1. The summed E-state index contributed by atoms with van der Waals surface area (Å²) in [7, 11) is 2.96. The Bertz CT molecular complexity index is 2050. The number of methoxy groups -OCH3 is 2. The molecule has 1 aliphatic carbocycles. The third-order valence-corrected chi connectivity index (χ3v) is 15.8. The van der Waals surface area contributed by atoms with Gasteiger partial charge in [-0.1, -0.05) is 71.1 Å². The van der Waals surface area contributed by atoms with Gasteiger partial charge in [0.15, 0.2) is 5.78 Å². The minimum Gasteiger partial charge on any atom is -0.460 e. The molecular formula is C58H90F3NO16. The van der Waals surface area contributed by atoms with Gasteiger partial charge in [0.25, 0.3) is 11.7 Å². The van der Waals surface area contributed by atoms with Gasteiger partial charge in [-0.25, -0.2) is 4.79 Å². The summed E-state index contributed by atoms with van der Waals surface area (Å²) < 4.78 is 83.7. The van der Waals surface area contributed by atoms with Crippen molar-refractivity contribution in [2.75, 3.05) is 67.0 Å². The van der Waals surface area contributed by atoms with Gasteiger partial charge in [0, 0.05) is 51.4 Å². The second-order valence-corrected chi connectivity index (χ2v) is 22.1. The first-order chi connectivity index (χ1) is 36.9. The summed E-state index contributed by atoms with van der Waals surface area (Å²) in [5.41, 5.74) is 1.07. The maximum atomic E-state index is 14.6. The first kappa shape index (κ1) is 66.8. The summed E-state index contributed by atoms with van der Waals surface area (Å²) in [5, 5.41) is 33.1. The maximum Gasteiger partial charge on any atom is 0.411 e. The van der Waals surface area contributed by atoms with Crippen molar-refractivity contribution in [3.63, 3.8) is 0 Å². The van der Waals surface area contributed by atoms with Gasteiger partial charge in [0.05, 0.1) is 64.1 Å². The number of carbonyl (C=O) groups excluding carboxylic acids is 5. The van der Waals surface area contributed by atoms with Crippen LogP contribution in [-0.4, -0.2) is 177 Å². The van der Waals surface area contributed by atoms with Crippen molar-refractivity contribution in [2.45, 2.75) is 186 Å². The Morgan fingerprint density at radius 3 is 2.23 bits per heavy atom. The van der Waals surface area contributed by atoms with Gasteiger partial charge in [-0.2, -0.15) is 13.2 Å². The van der Waals surface area contributed by atoms with Crippen LogP contribution in [0.2, 0.25) is 0 Å². The Morgan fingerprint density at radius 2 is 1.54 bits per heavy atom. The average Bonchev–Trinajstić information content (AvgIpc) is 3.43. The third-order valence-electron chi connectivity index (χ3n) is 15.8. The number of ketones is 3. The molecule has 0 aromatic carbocycles. The number of hydrogen-bond acceptors (Lipinski definition) is 16. The molecule has 1 saturated carbocycles. The van der Waals surface area contributed by atoms with Crippen LogP contribution in [0.3, 0.4) is 0 Å². The zero-order valence-electron chi connectivity index (χ0n) is 47.4. The van der Waals surface area contributed by atoms with Crippen molar-refractivity contribution >= 4 is 29.2 Å². The number of carbonyl (C=O) groups is 5. The summed E-state index contributed by atoms with van der Waals surface area (Å²) in [6.07, 6.45) is 5.60. The van der Waals surface area contributed by atoms with E-state index in [4.69, 9.17) is 33.2 Å². The highest BCUT2D eigenvalue weighted by molar-refractivity contribution is 6.39. The van der Waals surface area contributed by atoms with Gasteiger partial charge < -0.3 is 58.1 Å². The summed E-state index contributed by atoms with van der Waals surface area (Å²) in [6.45, 7) is 10.7. The van der Waals surface area contributed by atoms with E-state index in [1.54, 1.807) is 53.0 Å². The van der Waals surface area contributed by atoms with E-state index in [-0.39, 0.29) is 107 Å². The van der Waals surface area contributed by atoms with Crippen molar-refractivity contribution in [3.05, 3.63) is 47.6 Å². The van der Waals surface area contributed by atoms with Gasteiger partial charge >= 0.3 is 12.1 Å². The highest BCUT2D eigenvalue weighted by atomic mass is 19.4. The van der Waals surface area contributed by atoms with Gasteiger partial charge in [-0.3, -0.25) is 19.2 Å². The number of esters is 1. The lowest BCUT2D eigenvalue weighted by Gasteiger charge is -2.43. The highest BCUT2D eigenvalue weighted by Gasteiger charge is 2.53. The van der Waals surface area contributed by atoms with E-state index in [9.17, 15) is 52.5 Å². The molecule has 1 amide bonds. The van der Waals surface area contributed by atoms with Crippen molar-refractivity contribution in [2.24, 2.45) is 35.5 Å². The fourth-order valence-electron chi connectivity index (χ4n) is 11.1. The molecule has 78 heavy (non-hydrogen) atoms. The lowest BCUT2D eigenvalue weighted by atomic mass is 9.78. The van der Waals surface area contributed by atoms with Crippen LogP contribution in [0.1, 0.15) is 126 Å². The quantitative estimate of drug-likeness (QED) is 0.0604. The van der Waals surface area contributed by atoms with E-state index in [0.717, 1.165) is 16.9 Å². The van der Waals surface area contributed by atoms with Crippen molar-refractivity contribution in [1.29, 1.82) is 0 Å². The van der Waals surface area contributed by atoms with Crippen LogP contribution in [0.25, 0.3) is 0 Å². The molecule has 444 valence electrons. The smallest absolute Gasteiger partial charge is 0.411 e. The number of Topliss-reactive ketones (excluding diaryl/α,β-unsaturated/α-hetero) is 3. The number of cyclic esters (lactones) is 1. The van der Waals surface area contributed by atoms with Crippen LogP contribution in [0.5, 0.6) is 0 Å². The van der Waals surface area contributed by atoms with Crippen LogP contribution in [-0.2, 0) is 61.9 Å². The molecule has 0 radical (unpaired) electrons. The molecule has 20 heteroatoms. The van der Waals surface area contributed by atoms with E-state index in [0.29, 0.717) is 56.9 Å². The molecule has 15 atom stereocenters. The van der Waals surface area contributed by atoms with Crippen LogP contribution in [0.4, 0.5) is 13.2 Å². The number of halogens is 3. The van der Waals surface area contributed by atoms with Gasteiger partial charge in [-0.05, 0) is 107 Å². The number of allylic oxidation sites excluding steroid dienone is 6. The Labute approximate surface area is 459 Å². The van der Waals surface area contributed by atoms with E-state index < -0.39 is 90.5 Å². The molecule has 0 aromatic rings. The predicted molar refractivity (Wildman–Crippen MR) is 283 cm³/mol. The molecule has 0 spiro atoms. The van der Waals surface area contributed by atoms with Crippen LogP contribution in [0.15, 0.2) is 47.6 Å². The fourth-order valence-corrected chi connectivity index (χ4v) is 11.1. The second kappa shape index (κ2) is 32.7. The molecule has 3 N–H and O–H groups in total. The lowest BCUT2D eigenvalue weighted by molar-refractivity contribution is -0.266. The number of rotatable bonds is 16. The Balaban J connectivity index is 1.68. The van der Waals surface area contributed by atoms with Gasteiger partial charge in [0.2, 0.25) is 5.79 Å². The number of aliphatic hydroxyl groups excluding tert-OH is 2. The van der Waals surface area contributed by atoms with Gasteiger partial charge in [0.1, 0.15) is 36.7 Å². The monoisotopic (exact) mass is 1110 g/mol. The number of aliphatic hydroxyl groups is 3. The molecule has 17 nitrogen and oxygen atoms in total. The normalized spacial score (nSPS) is 35.9. The fraction of sp³-hybridized carbons (Fsp3) is 0.776. The van der Waals surface area contributed by atoms with Crippen molar-refractivity contribution in [3.8, 4) is 0 Å². The largest absolute Gasteiger partial charge is 0.460 e. The zero-order valence-corrected chi connectivity index (χ0v) is 47.4. The van der Waals surface area contributed by atoms with Crippen LogP contribution < -0.4 is 0 Å². The molecule has 0 unspecified atom stereocenters. The lowest BCUT2D eigenvalue weighted by Crippen LogP contribution is -2.61. The molecule has 2 saturated heterocycles. The predicted octanol–water partition coefficient (Wildman–Crippen LogP) is 7.16. The zero-order chi connectivity index (χ0) is 57.7.